The predicted octanol–water partition coefficient (Wildman–Crippen LogP) is 5.55. The SMILES string of the molecule is Cc1cccc(C(=O)N2CCc3nc(N(C)Cc4ccccc4)nc(Oc4ccc(F)cc4)c3C2)c1. The molecule has 0 N–H and O–H groups in total. The van der Waals surface area contributed by atoms with Crippen LogP contribution >= 0.6 is 0 Å². The highest BCUT2D eigenvalue weighted by molar-refractivity contribution is 5.94. The van der Waals surface area contributed by atoms with Crippen molar-refractivity contribution in [2.24, 2.45) is 0 Å². The van der Waals surface area contributed by atoms with E-state index in [9.17, 15) is 9.18 Å². The third-order valence-electron chi connectivity index (χ3n) is 6.19. The Kier molecular flexibility index (Phi) is 6.62. The van der Waals surface area contributed by atoms with Gasteiger partial charge in [0, 0.05) is 32.1 Å². The first-order chi connectivity index (χ1) is 17.5. The number of ether oxygens (including phenoxy) is 1. The highest BCUT2D eigenvalue weighted by Crippen LogP contribution is 2.32. The summed E-state index contributed by atoms with van der Waals surface area (Å²) in [5.41, 5.74) is 4.44. The number of aromatic nitrogens is 2. The van der Waals surface area contributed by atoms with Gasteiger partial charge in [0.25, 0.3) is 5.91 Å². The Morgan fingerprint density at radius 1 is 1.03 bits per heavy atom. The molecule has 182 valence electrons. The topological polar surface area (TPSA) is 58.6 Å². The zero-order chi connectivity index (χ0) is 25.1. The maximum atomic E-state index is 13.5. The van der Waals surface area contributed by atoms with Crippen LogP contribution in [0.2, 0.25) is 0 Å². The van der Waals surface area contributed by atoms with Crippen molar-refractivity contribution < 1.29 is 13.9 Å². The van der Waals surface area contributed by atoms with Gasteiger partial charge in [-0.2, -0.15) is 4.98 Å². The molecule has 0 spiro atoms. The van der Waals surface area contributed by atoms with Crippen molar-refractivity contribution in [2.45, 2.75) is 26.4 Å². The standard InChI is InChI=1S/C29H27FN4O2/c1-20-7-6-10-22(17-20)28(35)34-16-15-26-25(19-34)27(36-24-13-11-23(30)12-14-24)32-29(31-26)33(2)18-21-8-4-3-5-9-21/h3-14,17H,15-16,18-19H2,1-2H3. The molecule has 6 nitrogen and oxygen atoms in total. The van der Waals surface area contributed by atoms with Crippen LogP contribution in [0.25, 0.3) is 0 Å². The van der Waals surface area contributed by atoms with E-state index >= 15 is 0 Å². The molecule has 4 aromatic rings. The lowest BCUT2D eigenvalue weighted by atomic mass is 10.0. The first-order valence-corrected chi connectivity index (χ1v) is 11.9. The van der Waals surface area contributed by atoms with Crippen LogP contribution in [-0.2, 0) is 19.5 Å². The molecule has 0 radical (unpaired) electrons. The van der Waals surface area contributed by atoms with Gasteiger partial charge in [-0.1, -0.05) is 48.0 Å². The molecule has 1 aromatic heterocycles. The minimum atomic E-state index is -0.342. The van der Waals surface area contributed by atoms with E-state index in [0.717, 1.165) is 22.4 Å². The second-order valence-electron chi connectivity index (χ2n) is 9.00. The van der Waals surface area contributed by atoms with Gasteiger partial charge >= 0.3 is 0 Å². The van der Waals surface area contributed by atoms with Gasteiger partial charge in [-0.3, -0.25) is 4.79 Å². The number of nitrogens with zero attached hydrogens (tertiary/aromatic N) is 4. The zero-order valence-corrected chi connectivity index (χ0v) is 20.3. The summed E-state index contributed by atoms with van der Waals surface area (Å²) in [6.45, 7) is 3.49. The Labute approximate surface area is 210 Å². The summed E-state index contributed by atoms with van der Waals surface area (Å²) in [5, 5.41) is 0. The quantitative estimate of drug-likeness (QED) is 0.361. The van der Waals surface area contributed by atoms with Crippen LogP contribution in [-0.4, -0.2) is 34.4 Å². The minimum Gasteiger partial charge on any atom is -0.438 e. The van der Waals surface area contributed by atoms with E-state index in [0.29, 0.717) is 49.2 Å². The molecule has 0 fully saturated rings. The Balaban J connectivity index is 1.47. The molecule has 0 unspecified atom stereocenters. The third-order valence-corrected chi connectivity index (χ3v) is 6.19. The van der Waals surface area contributed by atoms with E-state index in [1.54, 1.807) is 17.0 Å². The number of hydrogen-bond acceptors (Lipinski definition) is 5. The van der Waals surface area contributed by atoms with Crippen LogP contribution in [0.1, 0.15) is 32.7 Å². The number of carbonyl (C=O) groups is 1. The lowest BCUT2D eigenvalue weighted by Gasteiger charge is -2.30. The van der Waals surface area contributed by atoms with Crippen molar-refractivity contribution >= 4 is 11.9 Å². The van der Waals surface area contributed by atoms with Crippen molar-refractivity contribution in [2.75, 3.05) is 18.5 Å². The molecule has 0 atom stereocenters. The minimum absolute atomic E-state index is 0.0395. The monoisotopic (exact) mass is 482 g/mol. The summed E-state index contributed by atoms with van der Waals surface area (Å²) < 4.78 is 19.6. The van der Waals surface area contributed by atoms with Crippen LogP contribution in [0.4, 0.5) is 10.3 Å². The molecule has 0 aliphatic carbocycles. The Morgan fingerprint density at radius 3 is 2.56 bits per heavy atom. The Bertz CT molecular complexity index is 1380. The lowest BCUT2D eigenvalue weighted by Crippen LogP contribution is -2.37. The predicted molar refractivity (Wildman–Crippen MR) is 137 cm³/mol. The Morgan fingerprint density at radius 2 is 1.81 bits per heavy atom. The summed E-state index contributed by atoms with van der Waals surface area (Å²) in [6, 6.07) is 23.5. The van der Waals surface area contributed by atoms with Gasteiger partial charge < -0.3 is 14.5 Å². The largest absolute Gasteiger partial charge is 0.438 e. The van der Waals surface area contributed by atoms with Gasteiger partial charge in [0.2, 0.25) is 11.8 Å². The number of carbonyl (C=O) groups excluding carboxylic acids is 1. The number of halogens is 1. The molecule has 0 saturated heterocycles. The molecule has 3 aromatic carbocycles. The molecule has 7 heteroatoms. The van der Waals surface area contributed by atoms with Gasteiger partial charge in [0.05, 0.1) is 17.8 Å². The normalized spacial score (nSPS) is 12.7. The second-order valence-corrected chi connectivity index (χ2v) is 9.00. The average Bonchev–Trinajstić information content (AvgIpc) is 2.90. The zero-order valence-electron chi connectivity index (χ0n) is 20.3. The van der Waals surface area contributed by atoms with Crippen LogP contribution in [0.5, 0.6) is 11.6 Å². The van der Waals surface area contributed by atoms with Crippen molar-refractivity contribution in [1.82, 2.24) is 14.9 Å². The van der Waals surface area contributed by atoms with E-state index in [4.69, 9.17) is 14.7 Å². The molecule has 36 heavy (non-hydrogen) atoms. The van der Waals surface area contributed by atoms with Gasteiger partial charge in [-0.15, -0.1) is 0 Å². The number of aryl methyl sites for hydroxylation is 1. The summed E-state index contributed by atoms with van der Waals surface area (Å²) in [4.78, 5) is 26.6. The van der Waals surface area contributed by atoms with E-state index < -0.39 is 0 Å². The molecular weight excluding hydrogens is 455 g/mol. The van der Waals surface area contributed by atoms with Crippen LogP contribution in [0, 0.1) is 12.7 Å². The molecule has 1 aliphatic heterocycles. The molecule has 2 heterocycles. The maximum Gasteiger partial charge on any atom is 0.254 e. The van der Waals surface area contributed by atoms with Crippen molar-refractivity contribution in [3.63, 3.8) is 0 Å². The third kappa shape index (κ3) is 5.20. The summed E-state index contributed by atoms with van der Waals surface area (Å²) in [6.07, 6.45) is 0.585. The number of hydrogen-bond donors (Lipinski definition) is 0. The summed E-state index contributed by atoms with van der Waals surface area (Å²) >= 11 is 0. The van der Waals surface area contributed by atoms with Gasteiger partial charge in [-0.05, 0) is 48.9 Å². The Hall–Kier alpha value is -4.26. The fraction of sp³-hybridized carbons (Fsp3) is 0.207. The molecule has 1 aliphatic rings. The fourth-order valence-corrected chi connectivity index (χ4v) is 4.30. The number of rotatable bonds is 6. The highest BCUT2D eigenvalue weighted by atomic mass is 19.1. The first-order valence-electron chi connectivity index (χ1n) is 11.9. The molecule has 0 bridgehead atoms. The molecule has 0 saturated carbocycles. The van der Waals surface area contributed by atoms with Crippen LogP contribution < -0.4 is 9.64 Å². The molecular formula is C29H27FN4O2. The van der Waals surface area contributed by atoms with E-state index in [2.05, 4.69) is 12.1 Å². The number of benzene rings is 3. The van der Waals surface area contributed by atoms with Crippen LogP contribution in [0.3, 0.4) is 0 Å². The van der Waals surface area contributed by atoms with Gasteiger partial charge in [0.15, 0.2) is 0 Å². The van der Waals surface area contributed by atoms with Crippen molar-refractivity contribution in [3.8, 4) is 11.6 Å². The first kappa shape index (κ1) is 23.5. The van der Waals surface area contributed by atoms with E-state index in [1.165, 1.54) is 12.1 Å². The maximum absolute atomic E-state index is 13.5. The summed E-state index contributed by atoms with van der Waals surface area (Å²) in [5.74, 6) is 1.00. The fourth-order valence-electron chi connectivity index (χ4n) is 4.30. The lowest BCUT2D eigenvalue weighted by molar-refractivity contribution is 0.0732. The van der Waals surface area contributed by atoms with Crippen LogP contribution in [0.15, 0.2) is 78.9 Å². The van der Waals surface area contributed by atoms with Crippen molar-refractivity contribution in [1.29, 1.82) is 0 Å². The smallest absolute Gasteiger partial charge is 0.254 e. The van der Waals surface area contributed by atoms with E-state index in [-0.39, 0.29) is 11.7 Å². The highest BCUT2D eigenvalue weighted by Gasteiger charge is 2.28. The van der Waals surface area contributed by atoms with Crippen molar-refractivity contribution in [3.05, 3.63) is 113 Å². The number of amides is 1. The molecule has 5 rings (SSSR count). The van der Waals surface area contributed by atoms with Gasteiger partial charge in [-0.25, -0.2) is 9.37 Å². The second kappa shape index (κ2) is 10.2. The van der Waals surface area contributed by atoms with E-state index in [1.807, 2.05) is 61.3 Å². The molecule has 1 amide bonds. The van der Waals surface area contributed by atoms with Gasteiger partial charge in [0.1, 0.15) is 11.6 Å². The number of fused-ring (bicyclic) bond motifs is 1. The number of anilines is 1. The summed E-state index contributed by atoms with van der Waals surface area (Å²) in [7, 11) is 1.94. The average molecular weight is 483 g/mol.